The summed E-state index contributed by atoms with van der Waals surface area (Å²) in [6, 6.07) is 5.16. The predicted octanol–water partition coefficient (Wildman–Crippen LogP) is 1.53. The molecule has 1 amide bonds. The van der Waals surface area contributed by atoms with E-state index in [1.807, 2.05) is 0 Å². The molecule has 0 aliphatic rings. The number of carbonyl (C=O) groups excluding carboxylic acids is 1. The third-order valence-electron chi connectivity index (χ3n) is 2.20. The zero-order valence-corrected chi connectivity index (χ0v) is 10.3. The molecule has 1 N–H and O–H groups in total. The van der Waals surface area contributed by atoms with Crippen LogP contribution in [0.1, 0.15) is 0 Å². The highest BCUT2D eigenvalue weighted by atomic mass is 35.5. The molecule has 0 bridgehead atoms. The summed E-state index contributed by atoms with van der Waals surface area (Å²) in [4.78, 5) is 13.2. The van der Waals surface area contributed by atoms with E-state index in [4.69, 9.17) is 16.3 Å². The van der Waals surface area contributed by atoms with Crippen molar-refractivity contribution in [3.63, 3.8) is 0 Å². The van der Waals surface area contributed by atoms with Crippen molar-refractivity contribution in [2.75, 3.05) is 32.6 Å². The van der Waals surface area contributed by atoms with Gasteiger partial charge in [0, 0.05) is 12.1 Å². The summed E-state index contributed by atoms with van der Waals surface area (Å²) >= 11 is 5.89. The van der Waals surface area contributed by atoms with Crippen LogP contribution in [0.25, 0.3) is 0 Å². The van der Waals surface area contributed by atoms with Gasteiger partial charge in [0.05, 0.1) is 19.3 Å². The molecule has 0 aromatic heterocycles. The van der Waals surface area contributed by atoms with E-state index in [0.717, 1.165) is 0 Å². The average molecular weight is 243 g/mol. The molecule has 0 aliphatic heterocycles. The van der Waals surface area contributed by atoms with Crippen molar-refractivity contribution in [1.82, 2.24) is 5.32 Å². The fourth-order valence-corrected chi connectivity index (χ4v) is 1.50. The number of carbonyl (C=O) groups is 1. The van der Waals surface area contributed by atoms with Gasteiger partial charge in [-0.15, -0.1) is 0 Å². The highest BCUT2D eigenvalue weighted by Crippen LogP contribution is 2.30. The summed E-state index contributed by atoms with van der Waals surface area (Å²) in [5, 5.41) is 3.37. The molecule has 0 aliphatic carbocycles. The summed E-state index contributed by atoms with van der Waals surface area (Å²) in [6.07, 6.45) is 0. The van der Waals surface area contributed by atoms with Crippen molar-refractivity contribution in [1.29, 1.82) is 0 Å². The Hall–Kier alpha value is -1.26. The van der Waals surface area contributed by atoms with Crippen LogP contribution in [-0.2, 0) is 4.79 Å². The van der Waals surface area contributed by atoms with Crippen LogP contribution >= 0.6 is 11.6 Å². The van der Waals surface area contributed by atoms with Crippen molar-refractivity contribution < 1.29 is 9.53 Å². The number of benzene rings is 1. The maximum atomic E-state index is 11.7. The van der Waals surface area contributed by atoms with E-state index >= 15 is 0 Å². The van der Waals surface area contributed by atoms with Gasteiger partial charge in [0.25, 0.3) is 0 Å². The number of nitrogens with one attached hydrogen (secondary N) is 1. The first kappa shape index (κ1) is 12.8. The Bertz CT molecular complexity index is 382. The molecule has 0 radical (unpaired) electrons. The van der Waals surface area contributed by atoms with E-state index in [1.54, 1.807) is 39.4 Å². The van der Waals surface area contributed by atoms with Crippen LogP contribution in [-0.4, -0.2) is 33.7 Å². The van der Waals surface area contributed by atoms with Gasteiger partial charge < -0.3 is 15.0 Å². The second-order valence-corrected chi connectivity index (χ2v) is 3.74. The van der Waals surface area contributed by atoms with E-state index in [1.165, 1.54) is 4.90 Å². The number of halogens is 1. The molecule has 16 heavy (non-hydrogen) atoms. The first-order chi connectivity index (χ1) is 7.60. The van der Waals surface area contributed by atoms with Crippen LogP contribution in [0.4, 0.5) is 5.69 Å². The average Bonchev–Trinajstić information content (AvgIpc) is 2.28. The first-order valence-corrected chi connectivity index (χ1v) is 5.22. The fraction of sp³-hybridized carbons (Fsp3) is 0.364. The number of amides is 1. The Balaban J connectivity index is 3.01. The van der Waals surface area contributed by atoms with Gasteiger partial charge in [-0.25, -0.2) is 0 Å². The van der Waals surface area contributed by atoms with Gasteiger partial charge in [0.2, 0.25) is 5.91 Å². The molecule has 1 aromatic carbocycles. The van der Waals surface area contributed by atoms with E-state index in [0.29, 0.717) is 16.5 Å². The first-order valence-electron chi connectivity index (χ1n) is 4.85. The SMILES string of the molecule is CNCC(=O)N(C)c1cc(Cl)ccc1OC. The molecule has 0 unspecified atom stereocenters. The third kappa shape index (κ3) is 2.87. The monoisotopic (exact) mass is 242 g/mol. The molecular formula is C11H15ClN2O2. The van der Waals surface area contributed by atoms with Gasteiger partial charge in [0.15, 0.2) is 0 Å². The zero-order chi connectivity index (χ0) is 12.1. The Morgan fingerprint density at radius 3 is 2.81 bits per heavy atom. The van der Waals surface area contributed by atoms with Gasteiger partial charge in [0.1, 0.15) is 5.75 Å². The number of ether oxygens (including phenoxy) is 1. The Kier molecular flexibility index (Phi) is 4.58. The van der Waals surface area contributed by atoms with Crippen molar-refractivity contribution >= 4 is 23.2 Å². The van der Waals surface area contributed by atoms with Crippen LogP contribution < -0.4 is 15.0 Å². The van der Waals surface area contributed by atoms with Gasteiger partial charge in [-0.1, -0.05) is 11.6 Å². The Morgan fingerprint density at radius 2 is 2.25 bits per heavy atom. The van der Waals surface area contributed by atoms with Gasteiger partial charge in [-0.3, -0.25) is 4.79 Å². The van der Waals surface area contributed by atoms with Crippen molar-refractivity contribution in [3.05, 3.63) is 23.2 Å². The molecule has 1 aromatic rings. The van der Waals surface area contributed by atoms with E-state index in [2.05, 4.69) is 5.32 Å². The molecule has 0 fully saturated rings. The van der Waals surface area contributed by atoms with Crippen molar-refractivity contribution in [3.8, 4) is 5.75 Å². The Labute approximate surface area is 100 Å². The number of likely N-dealkylation sites (N-methyl/N-ethyl adjacent to an activating group) is 2. The standard InChI is InChI=1S/C11H15ClN2O2/c1-13-7-11(15)14(2)9-6-8(12)4-5-10(9)16-3/h4-6,13H,7H2,1-3H3. The summed E-state index contributed by atoms with van der Waals surface area (Å²) in [5.41, 5.74) is 0.662. The van der Waals surface area contributed by atoms with Crippen LogP contribution in [0.2, 0.25) is 5.02 Å². The molecule has 88 valence electrons. The van der Waals surface area contributed by atoms with Crippen LogP contribution in [0.3, 0.4) is 0 Å². The smallest absolute Gasteiger partial charge is 0.240 e. The molecule has 0 atom stereocenters. The number of anilines is 1. The second kappa shape index (κ2) is 5.72. The number of hydrogen-bond acceptors (Lipinski definition) is 3. The summed E-state index contributed by atoms with van der Waals surface area (Å²) in [6.45, 7) is 0.270. The third-order valence-corrected chi connectivity index (χ3v) is 2.44. The fourth-order valence-electron chi connectivity index (χ4n) is 1.33. The van der Waals surface area contributed by atoms with Gasteiger partial charge in [-0.2, -0.15) is 0 Å². The van der Waals surface area contributed by atoms with Crippen LogP contribution in [0.5, 0.6) is 5.75 Å². The topological polar surface area (TPSA) is 41.6 Å². The number of rotatable bonds is 4. The zero-order valence-electron chi connectivity index (χ0n) is 9.58. The molecule has 0 saturated heterocycles. The molecule has 4 nitrogen and oxygen atoms in total. The van der Waals surface area contributed by atoms with Crippen molar-refractivity contribution in [2.45, 2.75) is 0 Å². The molecule has 0 heterocycles. The molecule has 0 spiro atoms. The maximum absolute atomic E-state index is 11.7. The summed E-state index contributed by atoms with van der Waals surface area (Å²) in [5.74, 6) is 0.569. The molecule has 1 rings (SSSR count). The Morgan fingerprint density at radius 1 is 1.56 bits per heavy atom. The molecular weight excluding hydrogens is 228 g/mol. The highest BCUT2D eigenvalue weighted by Gasteiger charge is 2.14. The summed E-state index contributed by atoms with van der Waals surface area (Å²) < 4.78 is 5.18. The second-order valence-electron chi connectivity index (χ2n) is 3.30. The normalized spacial score (nSPS) is 10.0. The predicted molar refractivity (Wildman–Crippen MR) is 65.3 cm³/mol. The lowest BCUT2D eigenvalue weighted by Crippen LogP contribution is -2.34. The van der Waals surface area contributed by atoms with Crippen LogP contribution in [0, 0.1) is 0 Å². The number of methoxy groups -OCH3 is 1. The minimum absolute atomic E-state index is 0.0527. The minimum atomic E-state index is -0.0527. The number of hydrogen-bond donors (Lipinski definition) is 1. The van der Waals surface area contributed by atoms with E-state index in [-0.39, 0.29) is 12.5 Å². The van der Waals surface area contributed by atoms with Gasteiger partial charge >= 0.3 is 0 Å². The lowest BCUT2D eigenvalue weighted by atomic mass is 10.2. The van der Waals surface area contributed by atoms with Gasteiger partial charge in [-0.05, 0) is 25.2 Å². The molecule has 0 saturated carbocycles. The largest absolute Gasteiger partial charge is 0.495 e. The number of nitrogens with zero attached hydrogens (tertiary/aromatic N) is 1. The lowest BCUT2D eigenvalue weighted by Gasteiger charge is -2.20. The van der Waals surface area contributed by atoms with Crippen LogP contribution in [0.15, 0.2) is 18.2 Å². The quantitative estimate of drug-likeness (QED) is 0.871. The lowest BCUT2D eigenvalue weighted by molar-refractivity contribution is -0.117. The maximum Gasteiger partial charge on any atom is 0.240 e. The molecule has 5 heteroatoms. The minimum Gasteiger partial charge on any atom is -0.495 e. The van der Waals surface area contributed by atoms with E-state index in [9.17, 15) is 4.79 Å². The van der Waals surface area contributed by atoms with Crippen molar-refractivity contribution in [2.24, 2.45) is 0 Å². The summed E-state index contributed by atoms with van der Waals surface area (Å²) in [7, 11) is 4.97. The van der Waals surface area contributed by atoms with E-state index < -0.39 is 0 Å². The highest BCUT2D eigenvalue weighted by molar-refractivity contribution is 6.31.